The van der Waals surface area contributed by atoms with Crippen LogP contribution >= 0.6 is 0 Å². The van der Waals surface area contributed by atoms with Crippen LogP contribution in [0.1, 0.15) is 45.5 Å². The molecule has 0 unspecified atom stereocenters. The first-order valence-corrected chi connectivity index (χ1v) is 13.7. The molecule has 7 heteroatoms. The van der Waals surface area contributed by atoms with Crippen molar-refractivity contribution in [2.24, 2.45) is 5.92 Å². The lowest BCUT2D eigenvalue weighted by Gasteiger charge is -2.31. The molecule has 0 spiro atoms. The van der Waals surface area contributed by atoms with E-state index in [-0.39, 0.29) is 30.3 Å². The van der Waals surface area contributed by atoms with E-state index >= 15 is 0 Å². The van der Waals surface area contributed by atoms with Gasteiger partial charge in [-0.25, -0.2) is 0 Å². The van der Waals surface area contributed by atoms with Crippen LogP contribution in [0.25, 0.3) is 10.8 Å². The summed E-state index contributed by atoms with van der Waals surface area (Å²) < 4.78 is 0. The van der Waals surface area contributed by atoms with E-state index in [0.29, 0.717) is 41.9 Å². The van der Waals surface area contributed by atoms with E-state index in [9.17, 15) is 19.2 Å². The lowest BCUT2D eigenvalue weighted by Crippen LogP contribution is -2.49. The highest BCUT2D eigenvalue weighted by atomic mass is 16.2. The maximum absolute atomic E-state index is 14.1. The van der Waals surface area contributed by atoms with E-state index in [1.807, 2.05) is 42.5 Å². The lowest BCUT2D eigenvalue weighted by atomic mass is 10.00. The predicted molar refractivity (Wildman–Crippen MR) is 152 cm³/mol. The number of fused-ring (bicyclic) bond motifs is 4. The third-order valence-electron chi connectivity index (χ3n) is 8.42. The van der Waals surface area contributed by atoms with Gasteiger partial charge in [-0.2, -0.15) is 0 Å². The van der Waals surface area contributed by atoms with Crippen LogP contribution in [-0.2, 0) is 16.1 Å². The molecule has 1 saturated carbocycles. The van der Waals surface area contributed by atoms with Crippen molar-refractivity contribution < 1.29 is 19.2 Å². The summed E-state index contributed by atoms with van der Waals surface area (Å²) in [5.41, 5.74) is 2.92. The molecule has 0 aromatic heterocycles. The van der Waals surface area contributed by atoms with Gasteiger partial charge in [-0.05, 0) is 59.5 Å². The Labute approximate surface area is 231 Å². The highest BCUT2D eigenvalue weighted by Gasteiger charge is 2.46. The molecular weight excluding hydrogens is 502 g/mol. The third kappa shape index (κ3) is 3.80. The number of rotatable bonds is 4. The van der Waals surface area contributed by atoms with Gasteiger partial charge in [-0.1, -0.05) is 67.1 Å². The van der Waals surface area contributed by atoms with Crippen molar-refractivity contribution in [3.63, 3.8) is 0 Å². The van der Waals surface area contributed by atoms with Crippen LogP contribution in [0.4, 0.5) is 11.4 Å². The summed E-state index contributed by atoms with van der Waals surface area (Å²) in [6.45, 7) is 0.00705. The van der Waals surface area contributed by atoms with E-state index in [1.54, 1.807) is 34.1 Å². The van der Waals surface area contributed by atoms with E-state index in [2.05, 4.69) is 24.3 Å². The normalized spacial score (nSPS) is 20.0. The van der Waals surface area contributed by atoms with Crippen LogP contribution in [0.2, 0.25) is 0 Å². The van der Waals surface area contributed by atoms with Crippen molar-refractivity contribution in [1.82, 2.24) is 4.90 Å². The predicted octanol–water partition coefficient (Wildman–Crippen LogP) is 5.18. The standard InChI is InChI=1S/C33H27N3O4/c37-30(20-35-31(38)24-10-3-4-11-25(24)32(35)39)36-27-15-7-12-26(27)33(40)34(28-13-5-6-14-29(28)36)19-21-16-17-22-8-1-2-9-23(22)18-21/h1-6,8-11,13-14,16-18,26-27H,7,12,15,19-20H2/t26-,27+/m0/s1. The molecular formula is C33H27N3O4. The molecule has 7 nitrogen and oxygen atoms in total. The zero-order chi connectivity index (χ0) is 27.4. The van der Waals surface area contributed by atoms with Crippen LogP contribution in [0, 0.1) is 5.92 Å². The smallest absolute Gasteiger partial charge is 0.262 e. The molecule has 4 aromatic carbocycles. The fraction of sp³-hybridized carbons (Fsp3) is 0.212. The number of anilines is 2. The molecule has 7 rings (SSSR count). The summed E-state index contributed by atoms with van der Waals surface area (Å²) in [7, 11) is 0. The zero-order valence-electron chi connectivity index (χ0n) is 21.8. The molecule has 0 saturated heterocycles. The Hall–Kier alpha value is -4.78. The SMILES string of the molecule is O=C1c2ccccc2C(=O)N1CC(=O)N1c2ccccc2N(Cc2ccc3ccccc3c2)C(=O)[C@H]2CCC[C@H]21. The van der Waals surface area contributed by atoms with Gasteiger partial charge < -0.3 is 9.80 Å². The van der Waals surface area contributed by atoms with Gasteiger partial charge in [-0.15, -0.1) is 0 Å². The van der Waals surface area contributed by atoms with Crippen LogP contribution in [0.15, 0.2) is 91.0 Å². The van der Waals surface area contributed by atoms with Gasteiger partial charge in [-0.3, -0.25) is 24.1 Å². The van der Waals surface area contributed by atoms with Crippen molar-refractivity contribution in [2.75, 3.05) is 16.3 Å². The minimum atomic E-state index is -0.464. The van der Waals surface area contributed by atoms with Gasteiger partial charge in [0.15, 0.2) is 0 Å². The monoisotopic (exact) mass is 529 g/mol. The molecule has 2 heterocycles. The number of imide groups is 1. The molecule has 0 bridgehead atoms. The largest absolute Gasteiger partial charge is 0.306 e. The molecule has 2 atom stereocenters. The average molecular weight is 530 g/mol. The topological polar surface area (TPSA) is 78.0 Å². The third-order valence-corrected chi connectivity index (χ3v) is 8.42. The minimum Gasteiger partial charge on any atom is -0.306 e. The van der Waals surface area contributed by atoms with Crippen LogP contribution < -0.4 is 9.80 Å². The maximum Gasteiger partial charge on any atom is 0.262 e. The number of carbonyl (C=O) groups is 4. The molecule has 1 fully saturated rings. The average Bonchev–Trinajstić information content (AvgIpc) is 3.53. The second kappa shape index (κ2) is 9.45. The van der Waals surface area contributed by atoms with Gasteiger partial charge in [0.2, 0.25) is 11.8 Å². The fourth-order valence-corrected chi connectivity index (χ4v) is 6.53. The first-order chi connectivity index (χ1) is 19.5. The van der Waals surface area contributed by atoms with Gasteiger partial charge >= 0.3 is 0 Å². The van der Waals surface area contributed by atoms with Gasteiger partial charge in [0.1, 0.15) is 6.54 Å². The number of para-hydroxylation sites is 2. The Kier molecular flexibility index (Phi) is 5.73. The Morgan fingerprint density at radius 1 is 0.700 bits per heavy atom. The number of nitrogens with zero attached hydrogens (tertiary/aromatic N) is 3. The van der Waals surface area contributed by atoms with Crippen molar-refractivity contribution >= 4 is 45.8 Å². The summed E-state index contributed by atoms with van der Waals surface area (Å²) in [5.74, 6) is -1.65. The van der Waals surface area contributed by atoms with E-state index in [0.717, 1.165) is 27.7 Å². The van der Waals surface area contributed by atoms with Crippen molar-refractivity contribution in [3.05, 3.63) is 108 Å². The zero-order valence-corrected chi connectivity index (χ0v) is 21.8. The van der Waals surface area contributed by atoms with Crippen LogP contribution in [0.3, 0.4) is 0 Å². The summed E-state index contributed by atoms with van der Waals surface area (Å²) >= 11 is 0. The Balaban J connectivity index is 1.25. The van der Waals surface area contributed by atoms with Crippen LogP contribution in [-0.4, -0.2) is 41.1 Å². The van der Waals surface area contributed by atoms with E-state index in [4.69, 9.17) is 0 Å². The number of amides is 4. The summed E-state index contributed by atoms with van der Waals surface area (Å²) in [5, 5.41) is 2.24. The molecule has 198 valence electrons. The first-order valence-electron chi connectivity index (χ1n) is 13.7. The summed E-state index contributed by atoms with van der Waals surface area (Å²) in [6, 6.07) is 28.1. The molecule has 4 amide bonds. The summed E-state index contributed by atoms with van der Waals surface area (Å²) in [4.78, 5) is 58.7. The van der Waals surface area contributed by atoms with Gasteiger partial charge in [0.25, 0.3) is 11.8 Å². The van der Waals surface area contributed by atoms with Crippen molar-refractivity contribution in [1.29, 1.82) is 0 Å². The second-order valence-corrected chi connectivity index (χ2v) is 10.7. The molecule has 0 radical (unpaired) electrons. The highest BCUT2D eigenvalue weighted by Crippen LogP contribution is 2.43. The molecule has 40 heavy (non-hydrogen) atoms. The Bertz CT molecular complexity index is 1680. The fourth-order valence-electron chi connectivity index (χ4n) is 6.53. The van der Waals surface area contributed by atoms with Gasteiger partial charge in [0, 0.05) is 6.04 Å². The molecule has 0 N–H and O–H groups in total. The Morgan fingerprint density at radius 3 is 2.10 bits per heavy atom. The van der Waals surface area contributed by atoms with E-state index in [1.165, 1.54) is 0 Å². The molecule has 4 aromatic rings. The maximum atomic E-state index is 14.1. The van der Waals surface area contributed by atoms with Crippen LogP contribution in [0.5, 0.6) is 0 Å². The number of benzene rings is 4. The molecule has 1 aliphatic carbocycles. The molecule has 2 aliphatic heterocycles. The van der Waals surface area contributed by atoms with Gasteiger partial charge in [0.05, 0.1) is 35.0 Å². The van der Waals surface area contributed by atoms with Crippen molar-refractivity contribution in [3.8, 4) is 0 Å². The Morgan fingerprint density at radius 2 is 1.35 bits per heavy atom. The minimum absolute atomic E-state index is 0.000797. The number of carbonyl (C=O) groups excluding carboxylic acids is 4. The number of hydrogen-bond acceptors (Lipinski definition) is 4. The van der Waals surface area contributed by atoms with Crippen molar-refractivity contribution in [2.45, 2.75) is 31.8 Å². The summed E-state index contributed by atoms with van der Waals surface area (Å²) in [6.07, 6.45) is 2.19. The molecule has 3 aliphatic rings. The number of hydrogen-bond donors (Lipinski definition) is 0. The second-order valence-electron chi connectivity index (χ2n) is 10.7. The quantitative estimate of drug-likeness (QED) is 0.341. The highest BCUT2D eigenvalue weighted by molar-refractivity contribution is 6.23. The first kappa shape index (κ1) is 24.3. The lowest BCUT2D eigenvalue weighted by molar-refractivity contribution is -0.123. The van der Waals surface area contributed by atoms with E-state index < -0.39 is 11.8 Å².